The maximum atomic E-state index is 13.2. The molecule has 1 aliphatic heterocycles. The van der Waals surface area contributed by atoms with Crippen LogP contribution >= 0.6 is 11.3 Å². The van der Waals surface area contributed by atoms with Gasteiger partial charge in [0.2, 0.25) is 0 Å². The molecule has 1 N–H and O–H groups in total. The van der Waals surface area contributed by atoms with Crippen molar-refractivity contribution in [2.45, 2.75) is 6.36 Å². The Morgan fingerprint density at radius 1 is 1.21 bits per heavy atom. The van der Waals surface area contributed by atoms with Crippen molar-refractivity contribution < 1.29 is 32.2 Å². The molecule has 3 aromatic rings. The molecular weight excluding hydrogens is 473 g/mol. The van der Waals surface area contributed by atoms with Crippen LogP contribution in [0.4, 0.5) is 28.8 Å². The van der Waals surface area contributed by atoms with Gasteiger partial charge in [-0.05, 0) is 24.3 Å². The highest BCUT2D eigenvalue weighted by molar-refractivity contribution is 7.22. The van der Waals surface area contributed by atoms with E-state index in [0.717, 1.165) is 24.4 Å². The summed E-state index contributed by atoms with van der Waals surface area (Å²) in [6.07, 6.45) is -4.79. The summed E-state index contributed by atoms with van der Waals surface area (Å²) in [6.45, 7) is 3.68. The Bertz CT molecular complexity index is 1130. The zero-order chi connectivity index (χ0) is 24.1. The SMILES string of the molecule is COc1cccc(NC(=O)N(CCN2CCOCC2)c2nc3ccc(OC(F)(F)F)cc3s2)c1. The Kier molecular flexibility index (Phi) is 7.39. The van der Waals surface area contributed by atoms with Crippen LogP contribution in [0.2, 0.25) is 0 Å². The molecule has 12 heteroatoms. The van der Waals surface area contributed by atoms with Gasteiger partial charge >= 0.3 is 12.4 Å². The normalized spacial score (nSPS) is 14.7. The fraction of sp³-hybridized carbons (Fsp3) is 0.364. The first kappa shape index (κ1) is 24.0. The quantitative estimate of drug-likeness (QED) is 0.516. The number of carbonyl (C=O) groups is 1. The van der Waals surface area contributed by atoms with E-state index in [-0.39, 0.29) is 5.75 Å². The number of benzene rings is 2. The number of methoxy groups -OCH3 is 1. The third-order valence-corrected chi connectivity index (χ3v) is 6.16. The molecule has 0 aliphatic carbocycles. The van der Waals surface area contributed by atoms with E-state index < -0.39 is 12.4 Å². The molecule has 8 nitrogen and oxygen atoms in total. The number of morpholine rings is 1. The minimum Gasteiger partial charge on any atom is -0.497 e. The zero-order valence-corrected chi connectivity index (χ0v) is 19.1. The standard InChI is InChI=1S/C22H23F3N4O4S/c1-31-16-4-2-3-15(13-16)26-20(30)29(8-7-28-9-11-32-12-10-28)21-27-18-6-5-17(14-19(18)34-21)33-22(23,24)25/h2-6,13-14H,7-12H2,1H3,(H,26,30). The highest BCUT2D eigenvalue weighted by atomic mass is 32.1. The van der Waals surface area contributed by atoms with E-state index >= 15 is 0 Å². The van der Waals surface area contributed by atoms with Crippen molar-refractivity contribution in [1.82, 2.24) is 9.88 Å². The number of rotatable bonds is 7. The summed E-state index contributed by atoms with van der Waals surface area (Å²) >= 11 is 1.12. The minimum atomic E-state index is -4.79. The summed E-state index contributed by atoms with van der Waals surface area (Å²) in [5, 5.41) is 3.22. The van der Waals surface area contributed by atoms with Crippen molar-refractivity contribution in [3.05, 3.63) is 42.5 Å². The number of fused-ring (bicyclic) bond motifs is 1. The van der Waals surface area contributed by atoms with Crippen LogP contribution in [-0.4, -0.2) is 68.8 Å². The maximum absolute atomic E-state index is 13.2. The Balaban J connectivity index is 1.58. The average molecular weight is 497 g/mol. The smallest absolute Gasteiger partial charge is 0.497 e. The highest BCUT2D eigenvalue weighted by Gasteiger charge is 2.31. The topological polar surface area (TPSA) is 76.2 Å². The Labute approximate surface area is 197 Å². The molecule has 0 unspecified atom stereocenters. The molecule has 1 saturated heterocycles. The van der Waals surface area contributed by atoms with Gasteiger partial charge in [-0.25, -0.2) is 9.78 Å². The van der Waals surface area contributed by atoms with Crippen LogP contribution in [0.3, 0.4) is 0 Å². The third-order valence-electron chi connectivity index (χ3n) is 5.12. The molecule has 4 rings (SSSR count). The van der Waals surface area contributed by atoms with Gasteiger partial charge in [-0.3, -0.25) is 9.80 Å². The van der Waals surface area contributed by atoms with Gasteiger partial charge in [-0.15, -0.1) is 13.2 Å². The van der Waals surface area contributed by atoms with E-state index in [4.69, 9.17) is 9.47 Å². The second-order valence-corrected chi connectivity index (χ2v) is 8.45. The summed E-state index contributed by atoms with van der Waals surface area (Å²) in [6, 6.07) is 10.4. The lowest BCUT2D eigenvalue weighted by atomic mass is 10.3. The number of nitrogens with one attached hydrogen (secondary N) is 1. The van der Waals surface area contributed by atoms with Gasteiger partial charge in [-0.2, -0.15) is 0 Å². The lowest BCUT2D eigenvalue weighted by molar-refractivity contribution is -0.274. The number of hydrogen-bond acceptors (Lipinski definition) is 7. The first-order valence-electron chi connectivity index (χ1n) is 10.5. The first-order chi connectivity index (χ1) is 16.3. The van der Waals surface area contributed by atoms with Gasteiger partial charge < -0.3 is 19.5 Å². The molecule has 182 valence electrons. The van der Waals surface area contributed by atoms with Crippen molar-refractivity contribution in [2.75, 3.05) is 56.7 Å². The number of alkyl halides is 3. The van der Waals surface area contributed by atoms with Crippen LogP contribution in [0, 0.1) is 0 Å². The van der Waals surface area contributed by atoms with Crippen molar-refractivity contribution in [3.63, 3.8) is 0 Å². The lowest BCUT2D eigenvalue weighted by Crippen LogP contribution is -2.44. The number of urea groups is 1. The summed E-state index contributed by atoms with van der Waals surface area (Å²) in [7, 11) is 1.54. The summed E-state index contributed by atoms with van der Waals surface area (Å²) < 4.78 is 52.9. The van der Waals surface area contributed by atoms with Crippen LogP contribution in [0.5, 0.6) is 11.5 Å². The van der Waals surface area contributed by atoms with E-state index in [9.17, 15) is 18.0 Å². The summed E-state index contributed by atoms with van der Waals surface area (Å²) in [5.74, 6) is 0.255. The number of aromatic nitrogens is 1. The third kappa shape index (κ3) is 6.27. The maximum Gasteiger partial charge on any atom is 0.573 e. The predicted molar refractivity (Wildman–Crippen MR) is 123 cm³/mol. The van der Waals surface area contributed by atoms with Crippen LogP contribution in [0.15, 0.2) is 42.5 Å². The number of ether oxygens (including phenoxy) is 3. The number of carbonyl (C=O) groups excluding carboxylic acids is 1. The van der Waals surface area contributed by atoms with Gasteiger partial charge in [-0.1, -0.05) is 17.4 Å². The van der Waals surface area contributed by atoms with Crippen LogP contribution in [0.25, 0.3) is 10.2 Å². The first-order valence-corrected chi connectivity index (χ1v) is 11.3. The largest absolute Gasteiger partial charge is 0.573 e. The van der Waals surface area contributed by atoms with Gasteiger partial charge in [0.25, 0.3) is 0 Å². The number of hydrogen-bond donors (Lipinski definition) is 1. The fourth-order valence-corrected chi connectivity index (χ4v) is 4.47. The Hall–Kier alpha value is -3.09. The van der Waals surface area contributed by atoms with Crippen LogP contribution < -0.4 is 19.7 Å². The molecule has 1 fully saturated rings. The number of halogens is 3. The minimum absolute atomic E-state index is 0.335. The molecule has 2 amide bonds. The van der Waals surface area contributed by atoms with E-state index in [2.05, 4.69) is 19.9 Å². The van der Waals surface area contributed by atoms with E-state index in [1.165, 1.54) is 30.2 Å². The highest BCUT2D eigenvalue weighted by Crippen LogP contribution is 2.33. The monoisotopic (exact) mass is 496 g/mol. The van der Waals surface area contributed by atoms with Gasteiger partial charge in [0.15, 0.2) is 5.13 Å². The van der Waals surface area contributed by atoms with E-state index in [1.807, 2.05) is 0 Å². The molecule has 0 bridgehead atoms. The molecule has 0 atom stereocenters. The van der Waals surface area contributed by atoms with Crippen molar-refractivity contribution in [3.8, 4) is 11.5 Å². The molecule has 1 aliphatic rings. The fourth-order valence-electron chi connectivity index (χ4n) is 3.45. The zero-order valence-electron chi connectivity index (χ0n) is 18.3. The number of anilines is 2. The Morgan fingerprint density at radius 3 is 2.74 bits per heavy atom. The van der Waals surface area contributed by atoms with Crippen LogP contribution in [-0.2, 0) is 4.74 Å². The molecule has 2 heterocycles. The van der Waals surface area contributed by atoms with E-state index in [0.29, 0.717) is 53.1 Å². The molecule has 34 heavy (non-hydrogen) atoms. The van der Waals surface area contributed by atoms with Crippen molar-refractivity contribution in [2.24, 2.45) is 0 Å². The number of amides is 2. The van der Waals surface area contributed by atoms with Crippen molar-refractivity contribution in [1.29, 1.82) is 0 Å². The van der Waals surface area contributed by atoms with Gasteiger partial charge in [0.05, 0.1) is 30.5 Å². The molecule has 1 aromatic heterocycles. The summed E-state index contributed by atoms with van der Waals surface area (Å²) in [4.78, 5) is 21.4. The van der Waals surface area contributed by atoms with Gasteiger partial charge in [0.1, 0.15) is 11.5 Å². The molecule has 2 aromatic carbocycles. The second kappa shape index (κ2) is 10.5. The van der Waals surface area contributed by atoms with Gasteiger partial charge in [0, 0.05) is 44.0 Å². The second-order valence-electron chi connectivity index (χ2n) is 7.44. The number of thiazole rings is 1. The Morgan fingerprint density at radius 2 is 2.00 bits per heavy atom. The summed E-state index contributed by atoms with van der Waals surface area (Å²) in [5.41, 5.74) is 1.02. The average Bonchev–Trinajstić information content (AvgIpc) is 3.22. The molecule has 0 radical (unpaired) electrons. The predicted octanol–water partition coefficient (Wildman–Crippen LogP) is 4.57. The van der Waals surface area contributed by atoms with E-state index in [1.54, 1.807) is 24.3 Å². The van der Waals surface area contributed by atoms with Crippen molar-refractivity contribution >= 4 is 38.4 Å². The molecule has 0 saturated carbocycles. The molecule has 0 spiro atoms. The lowest BCUT2D eigenvalue weighted by Gasteiger charge is -2.29. The number of nitrogens with zero attached hydrogens (tertiary/aromatic N) is 3. The van der Waals surface area contributed by atoms with Crippen LogP contribution in [0.1, 0.15) is 0 Å². The molecular formula is C22H23F3N4O4S.